The number of urea groups is 1. The monoisotopic (exact) mass is 486 g/mol. The van der Waals surface area contributed by atoms with E-state index in [0.29, 0.717) is 49.0 Å². The third-order valence-electron chi connectivity index (χ3n) is 6.14. The molecule has 3 amide bonds. The first-order chi connectivity index (χ1) is 17.6. The molecule has 1 fully saturated rings. The Bertz CT molecular complexity index is 1400. The number of nitrogens with zero attached hydrogens (tertiary/aromatic N) is 5. The number of ether oxygens (including phenoxy) is 2. The molecule has 0 unspecified atom stereocenters. The van der Waals surface area contributed by atoms with Crippen LogP contribution in [0.3, 0.4) is 0 Å². The summed E-state index contributed by atoms with van der Waals surface area (Å²) < 4.78 is 12.4. The maximum absolute atomic E-state index is 13.2. The molecular weight excluding hydrogens is 460 g/mol. The third-order valence-corrected chi connectivity index (χ3v) is 6.14. The number of methoxy groups -OCH3 is 2. The molecule has 2 aromatic carbocycles. The summed E-state index contributed by atoms with van der Waals surface area (Å²) in [5, 5.41) is 7.46. The molecule has 0 atom stereocenters. The lowest BCUT2D eigenvalue weighted by Gasteiger charge is -2.34. The van der Waals surface area contributed by atoms with Crippen LogP contribution in [0.1, 0.15) is 10.5 Å². The Kier molecular flexibility index (Phi) is 6.40. The van der Waals surface area contributed by atoms with Crippen LogP contribution in [-0.4, -0.2) is 76.7 Å². The molecule has 10 nitrogen and oxygen atoms in total. The number of aromatic nitrogens is 3. The molecule has 1 N–H and O–H groups in total. The number of piperazine rings is 1. The van der Waals surface area contributed by atoms with E-state index in [-0.39, 0.29) is 11.9 Å². The van der Waals surface area contributed by atoms with Crippen molar-refractivity contribution in [3.05, 3.63) is 72.6 Å². The van der Waals surface area contributed by atoms with E-state index < -0.39 is 0 Å². The molecule has 2 aromatic heterocycles. The number of rotatable bonds is 5. The fourth-order valence-corrected chi connectivity index (χ4v) is 4.21. The molecule has 1 aliphatic rings. The van der Waals surface area contributed by atoms with E-state index in [1.807, 2.05) is 54.6 Å². The second kappa shape index (κ2) is 9.95. The summed E-state index contributed by atoms with van der Waals surface area (Å²) in [6.45, 7) is 1.72. The standard InChI is InChI=1S/C26H26N6O4/c1-35-22-9-8-18(16-23(22)36-2)21-10-11-27-24-17-20(29-32(21)24)25(33)30-12-14-31(15-13-30)26(34)28-19-6-4-3-5-7-19/h3-11,16-17H,12-15H2,1-2H3,(H,28,34). The predicted octanol–water partition coefficient (Wildman–Crippen LogP) is 3.40. The van der Waals surface area contributed by atoms with Gasteiger partial charge in [0, 0.05) is 49.7 Å². The first-order valence-corrected chi connectivity index (χ1v) is 11.5. The van der Waals surface area contributed by atoms with Gasteiger partial charge < -0.3 is 24.6 Å². The van der Waals surface area contributed by atoms with Crippen LogP contribution in [0.15, 0.2) is 66.9 Å². The van der Waals surface area contributed by atoms with Crippen LogP contribution in [0.5, 0.6) is 11.5 Å². The van der Waals surface area contributed by atoms with Crippen molar-refractivity contribution in [2.45, 2.75) is 0 Å². The third kappa shape index (κ3) is 4.52. The van der Waals surface area contributed by atoms with Crippen molar-refractivity contribution in [2.75, 3.05) is 45.7 Å². The lowest BCUT2D eigenvalue weighted by Crippen LogP contribution is -2.51. The molecule has 0 spiro atoms. The van der Waals surface area contributed by atoms with Gasteiger partial charge >= 0.3 is 6.03 Å². The summed E-state index contributed by atoms with van der Waals surface area (Å²) in [7, 11) is 3.17. The van der Waals surface area contributed by atoms with Crippen LogP contribution in [0.4, 0.5) is 10.5 Å². The fourth-order valence-electron chi connectivity index (χ4n) is 4.21. The Hall–Kier alpha value is -4.60. The molecular formula is C26H26N6O4. The summed E-state index contributed by atoms with van der Waals surface area (Å²) in [6.07, 6.45) is 1.68. The summed E-state index contributed by atoms with van der Waals surface area (Å²) in [4.78, 5) is 33.6. The topological polar surface area (TPSA) is 101 Å². The van der Waals surface area contributed by atoms with Crippen LogP contribution in [-0.2, 0) is 0 Å². The highest BCUT2D eigenvalue weighted by Gasteiger charge is 2.27. The Labute approximate surface area is 208 Å². The van der Waals surface area contributed by atoms with E-state index in [2.05, 4.69) is 15.4 Å². The minimum absolute atomic E-state index is 0.176. The fraction of sp³-hybridized carbons (Fsp3) is 0.231. The maximum atomic E-state index is 13.2. The van der Waals surface area contributed by atoms with Crippen LogP contribution in [0.25, 0.3) is 16.9 Å². The van der Waals surface area contributed by atoms with Crippen molar-refractivity contribution in [1.82, 2.24) is 24.4 Å². The van der Waals surface area contributed by atoms with Gasteiger partial charge in [0.15, 0.2) is 22.8 Å². The maximum Gasteiger partial charge on any atom is 0.321 e. The highest BCUT2D eigenvalue weighted by atomic mass is 16.5. The van der Waals surface area contributed by atoms with Crippen molar-refractivity contribution in [1.29, 1.82) is 0 Å². The zero-order chi connectivity index (χ0) is 25.1. The Morgan fingerprint density at radius 2 is 1.58 bits per heavy atom. The van der Waals surface area contributed by atoms with Crippen LogP contribution in [0, 0.1) is 0 Å². The molecule has 3 heterocycles. The molecule has 5 rings (SSSR count). The number of nitrogens with one attached hydrogen (secondary N) is 1. The average molecular weight is 487 g/mol. The number of benzene rings is 2. The molecule has 1 aliphatic heterocycles. The smallest absolute Gasteiger partial charge is 0.321 e. The number of hydrogen-bond donors (Lipinski definition) is 1. The van der Waals surface area contributed by atoms with Crippen molar-refractivity contribution >= 4 is 23.3 Å². The van der Waals surface area contributed by atoms with Gasteiger partial charge in [0.2, 0.25) is 0 Å². The number of amides is 3. The quantitative estimate of drug-likeness (QED) is 0.464. The van der Waals surface area contributed by atoms with Gasteiger partial charge in [0.25, 0.3) is 5.91 Å². The van der Waals surface area contributed by atoms with E-state index >= 15 is 0 Å². The molecule has 0 saturated carbocycles. The lowest BCUT2D eigenvalue weighted by molar-refractivity contribution is 0.0665. The highest BCUT2D eigenvalue weighted by Crippen LogP contribution is 2.32. The van der Waals surface area contributed by atoms with Gasteiger partial charge in [-0.1, -0.05) is 18.2 Å². The Morgan fingerprint density at radius 3 is 2.31 bits per heavy atom. The molecule has 36 heavy (non-hydrogen) atoms. The minimum atomic E-state index is -0.193. The van der Waals surface area contributed by atoms with Crippen molar-refractivity contribution in [3.8, 4) is 22.8 Å². The van der Waals surface area contributed by atoms with Gasteiger partial charge in [0.05, 0.1) is 19.9 Å². The van der Waals surface area contributed by atoms with Gasteiger partial charge in [-0.05, 0) is 36.4 Å². The predicted molar refractivity (Wildman–Crippen MR) is 134 cm³/mol. The summed E-state index contributed by atoms with van der Waals surface area (Å²) in [5.41, 5.74) is 3.22. The van der Waals surface area contributed by atoms with Crippen LogP contribution < -0.4 is 14.8 Å². The Morgan fingerprint density at radius 1 is 0.861 bits per heavy atom. The lowest BCUT2D eigenvalue weighted by atomic mass is 10.1. The van der Waals surface area contributed by atoms with E-state index in [4.69, 9.17) is 9.47 Å². The summed E-state index contributed by atoms with van der Waals surface area (Å²) in [6, 6.07) is 18.2. The first kappa shape index (κ1) is 23.2. The van der Waals surface area contributed by atoms with Crippen molar-refractivity contribution < 1.29 is 19.1 Å². The Balaban J connectivity index is 1.31. The normalized spacial score (nSPS) is 13.5. The number of para-hydroxylation sites is 1. The van der Waals surface area contributed by atoms with Gasteiger partial charge in [0.1, 0.15) is 0 Å². The molecule has 10 heteroatoms. The SMILES string of the molecule is COc1ccc(-c2ccnc3cc(C(=O)N4CCN(C(=O)Nc5ccccc5)CC4)nn23)cc1OC. The van der Waals surface area contributed by atoms with Gasteiger partial charge in [-0.25, -0.2) is 14.3 Å². The van der Waals surface area contributed by atoms with Gasteiger partial charge in [-0.3, -0.25) is 4.79 Å². The number of carbonyl (C=O) groups is 2. The van der Waals surface area contributed by atoms with Gasteiger partial charge in [-0.2, -0.15) is 5.10 Å². The zero-order valence-electron chi connectivity index (χ0n) is 20.0. The highest BCUT2D eigenvalue weighted by molar-refractivity contribution is 5.94. The number of carbonyl (C=O) groups excluding carboxylic acids is 2. The van der Waals surface area contributed by atoms with Crippen LogP contribution >= 0.6 is 0 Å². The molecule has 4 aromatic rings. The molecule has 0 aliphatic carbocycles. The zero-order valence-corrected chi connectivity index (χ0v) is 20.0. The second-order valence-electron chi connectivity index (χ2n) is 8.27. The summed E-state index contributed by atoms with van der Waals surface area (Å²) in [5.74, 6) is 1.03. The minimum Gasteiger partial charge on any atom is -0.493 e. The van der Waals surface area contributed by atoms with E-state index in [0.717, 1.165) is 16.9 Å². The number of anilines is 1. The largest absolute Gasteiger partial charge is 0.493 e. The van der Waals surface area contributed by atoms with E-state index in [1.54, 1.807) is 40.8 Å². The number of fused-ring (bicyclic) bond motifs is 1. The average Bonchev–Trinajstić information content (AvgIpc) is 3.37. The molecule has 0 bridgehead atoms. The van der Waals surface area contributed by atoms with Crippen molar-refractivity contribution in [2.24, 2.45) is 0 Å². The van der Waals surface area contributed by atoms with Crippen molar-refractivity contribution in [3.63, 3.8) is 0 Å². The van der Waals surface area contributed by atoms with Crippen LogP contribution in [0.2, 0.25) is 0 Å². The van der Waals surface area contributed by atoms with E-state index in [1.165, 1.54) is 0 Å². The molecule has 1 saturated heterocycles. The molecule has 0 radical (unpaired) electrons. The summed E-state index contributed by atoms with van der Waals surface area (Å²) >= 11 is 0. The second-order valence-corrected chi connectivity index (χ2v) is 8.27. The van der Waals surface area contributed by atoms with Gasteiger partial charge in [-0.15, -0.1) is 0 Å². The first-order valence-electron chi connectivity index (χ1n) is 11.5. The molecule has 184 valence electrons. The number of hydrogen-bond acceptors (Lipinski definition) is 6. The van der Waals surface area contributed by atoms with E-state index in [9.17, 15) is 9.59 Å².